The molecule has 186 valence electrons. The largest absolute Gasteiger partial charge is 0.495 e. The quantitative estimate of drug-likeness (QED) is 0.472. The normalized spacial score (nSPS) is 12.0. The van der Waals surface area contributed by atoms with E-state index in [2.05, 4.69) is 5.32 Å². The first-order valence-electron chi connectivity index (χ1n) is 11.0. The Balaban J connectivity index is 2.21. The molecular formula is C24H32ClN3O5S. The van der Waals surface area contributed by atoms with Crippen LogP contribution in [-0.4, -0.2) is 58.1 Å². The number of nitrogens with zero attached hydrogens (tertiary/aromatic N) is 2. The Labute approximate surface area is 206 Å². The van der Waals surface area contributed by atoms with Gasteiger partial charge in [0.05, 0.1) is 19.1 Å². The van der Waals surface area contributed by atoms with Crippen LogP contribution in [0.15, 0.2) is 48.5 Å². The zero-order valence-corrected chi connectivity index (χ0v) is 21.5. The van der Waals surface area contributed by atoms with Crippen LogP contribution in [0.25, 0.3) is 0 Å². The molecule has 0 bridgehead atoms. The second-order valence-electron chi connectivity index (χ2n) is 7.80. The molecule has 2 rings (SSSR count). The summed E-state index contributed by atoms with van der Waals surface area (Å²) in [4.78, 5) is 27.3. The van der Waals surface area contributed by atoms with Crippen molar-refractivity contribution in [3.63, 3.8) is 0 Å². The number of ether oxygens (including phenoxy) is 1. The number of benzene rings is 2. The fourth-order valence-corrected chi connectivity index (χ4v) is 4.79. The predicted octanol–water partition coefficient (Wildman–Crippen LogP) is 3.45. The maximum absolute atomic E-state index is 13.3. The summed E-state index contributed by atoms with van der Waals surface area (Å²) in [6.07, 6.45) is 1.90. The van der Waals surface area contributed by atoms with Crippen molar-refractivity contribution in [3.05, 3.63) is 59.1 Å². The zero-order chi connectivity index (χ0) is 25.3. The number of nitrogens with one attached hydrogen (secondary N) is 1. The molecule has 0 aliphatic carbocycles. The van der Waals surface area contributed by atoms with E-state index in [-0.39, 0.29) is 37.7 Å². The Morgan fingerprint density at radius 2 is 1.76 bits per heavy atom. The SMILES string of the molecule is CC[C@H](C(=O)NC)N(Cc1ccc(Cl)cc1)C(=O)CCCN(c1ccccc1OC)S(C)(=O)=O. The molecule has 0 saturated heterocycles. The number of likely N-dealkylation sites (N-methyl/N-ethyl adjacent to an activating group) is 1. The molecule has 2 amide bonds. The van der Waals surface area contributed by atoms with E-state index in [1.54, 1.807) is 36.4 Å². The lowest BCUT2D eigenvalue weighted by Crippen LogP contribution is -2.48. The smallest absolute Gasteiger partial charge is 0.242 e. The van der Waals surface area contributed by atoms with Crippen LogP contribution >= 0.6 is 11.6 Å². The monoisotopic (exact) mass is 509 g/mol. The number of hydrogen-bond donors (Lipinski definition) is 1. The van der Waals surface area contributed by atoms with Crippen LogP contribution in [-0.2, 0) is 26.2 Å². The molecule has 1 N–H and O–H groups in total. The first-order valence-corrected chi connectivity index (χ1v) is 13.2. The van der Waals surface area contributed by atoms with Crippen molar-refractivity contribution in [2.75, 3.05) is 31.3 Å². The van der Waals surface area contributed by atoms with E-state index in [0.717, 1.165) is 11.8 Å². The van der Waals surface area contributed by atoms with E-state index in [1.807, 2.05) is 19.1 Å². The van der Waals surface area contributed by atoms with Gasteiger partial charge in [0, 0.05) is 31.6 Å². The van der Waals surface area contributed by atoms with E-state index < -0.39 is 16.1 Å². The summed E-state index contributed by atoms with van der Waals surface area (Å²) < 4.78 is 31.5. The van der Waals surface area contributed by atoms with Gasteiger partial charge >= 0.3 is 0 Å². The molecule has 0 saturated carbocycles. The lowest BCUT2D eigenvalue weighted by molar-refractivity contribution is -0.141. The van der Waals surface area contributed by atoms with E-state index in [0.29, 0.717) is 22.9 Å². The molecule has 0 fully saturated rings. The highest BCUT2D eigenvalue weighted by atomic mass is 35.5. The third-order valence-electron chi connectivity index (χ3n) is 5.40. The van der Waals surface area contributed by atoms with Crippen LogP contribution in [0, 0.1) is 0 Å². The number of amides is 2. The van der Waals surface area contributed by atoms with Crippen LogP contribution in [0.1, 0.15) is 31.7 Å². The summed E-state index contributed by atoms with van der Waals surface area (Å²) in [5, 5.41) is 3.20. The molecule has 34 heavy (non-hydrogen) atoms. The molecule has 0 aliphatic heterocycles. The van der Waals surface area contributed by atoms with Gasteiger partial charge in [0.1, 0.15) is 11.8 Å². The second kappa shape index (κ2) is 12.6. The number of sulfonamides is 1. The number of anilines is 1. The van der Waals surface area contributed by atoms with Gasteiger partial charge in [0.25, 0.3) is 0 Å². The molecule has 1 atom stereocenters. The predicted molar refractivity (Wildman–Crippen MR) is 135 cm³/mol. The third kappa shape index (κ3) is 7.36. The number of halogens is 1. The van der Waals surface area contributed by atoms with Gasteiger partial charge in [-0.2, -0.15) is 0 Å². The zero-order valence-electron chi connectivity index (χ0n) is 20.0. The lowest BCUT2D eigenvalue weighted by atomic mass is 10.1. The molecule has 0 aromatic heterocycles. The summed E-state index contributed by atoms with van der Waals surface area (Å²) in [7, 11) is -0.600. The summed E-state index contributed by atoms with van der Waals surface area (Å²) >= 11 is 5.97. The van der Waals surface area contributed by atoms with Crippen LogP contribution in [0.3, 0.4) is 0 Å². The van der Waals surface area contributed by atoms with Crippen LogP contribution in [0.5, 0.6) is 5.75 Å². The molecule has 2 aromatic rings. The van der Waals surface area contributed by atoms with Gasteiger partial charge in [-0.15, -0.1) is 0 Å². The molecule has 0 unspecified atom stereocenters. The molecule has 0 spiro atoms. The Kier molecular flexibility index (Phi) is 10.2. The highest BCUT2D eigenvalue weighted by Crippen LogP contribution is 2.29. The minimum absolute atomic E-state index is 0.0717. The number of rotatable bonds is 12. The number of methoxy groups -OCH3 is 1. The average molecular weight is 510 g/mol. The van der Waals surface area contributed by atoms with E-state index in [9.17, 15) is 18.0 Å². The molecule has 10 heteroatoms. The molecule has 0 radical (unpaired) electrons. The van der Waals surface area contributed by atoms with Crippen LogP contribution in [0.4, 0.5) is 5.69 Å². The lowest BCUT2D eigenvalue weighted by Gasteiger charge is -2.31. The van der Waals surface area contributed by atoms with Crippen molar-refractivity contribution >= 4 is 39.1 Å². The Hall–Kier alpha value is -2.78. The Morgan fingerprint density at radius 1 is 1.12 bits per heavy atom. The first-order chi connectivity index (χ1) is 16.1. The maximum Gasteiger partial charge on any atom is 0.242 e. The molecule has 2 aromatic carbocycles. The van der Waals surface area contributed by atoms with Crippen molar-refractivity contribution in [1.82, 2.24) is 10.2 Å². The van der Waals surface area contributed by atoms with Gasteiger partial charge in [-0.05, 0) is 42.7 Å². The van der Waals surface area contributed by atoms with Crippen molar-refractivity contribution in [3.8, 4) is 5.75 Å². The number of carbonyl (C=O) groups is 2. The summed E-state index contributed by atoms with van der Waals surface area (Å²) in [6.45, 7) is 2.18. The van der Waals surface area contributed by atoms with Crippen LogP contribution < -0.4 is 14.4 Å². The minimum atomic E-state index is -3.61. The maximum atomic E-state index is 13.3. The molecule has 8 nitrogen and oxygen atoms in total. The molecular weight excluding hydrogens is 478 g/mol. The highest BCUT2D eigenvalue weighted by Gasteiger charge is 2.28. The van der Waals surface area contributed by atoms with Gasteiger partial charge in [-0.25, -0.2) is 8.42 Å². The van der Waals surface area contributed by atoms with Crippen molar-refractivity contribution in [2.45, 2.75) is 38.8 Å². The fraction of sp³-hybridized carbons (Fsp3) is 0.417. The van der Waals surface area contributed by atoms with Crippen molar-refractivity contribution in [1.29, 1.82) is 0 Å². The third-order valence-corrected chi connectivity index (χ3v) is 6.84. The minimum Gasteiger partial charge on any atom is -0.495 e. The van der Waals surface area contributed by atoms with Crippen molar-refractivity contribution in [2.24, 2.45) is 0 Å². The molecule has 0 heterocycles. The number of hydrogen-bond acceptors (Lipinski definition) is 5. The van der Waals surface area contributed by atoms with Gasteiger partial charge in [0.15, 0.2) is 0 Å². The van der Waals surface area contributed by atoms with Gasteiger partial charge in [0.2, 0.25) is 21.8 Å². The highest BCUT2D eigenvalue weighted by molar-refractivity contribution is 7.92. The number of para-hydroxylation sites is 2. The Bertz CT molecular complexity index is 1080. The van der Waals surface area contributed by atoms with Crippen LogP contribution in [0.2, 0.25) is 5.02 Å². The summed E-state index contributed by atoms with van der Waals surface area (Å²) in [6, 6.07) is 13.3. The molecule has 0 aliphatic rings. The van der Waals surface area contributed by atoms with Gasteiger partial charge in [-0.1, -0.05) is 42.8 Å². The second-order valence-corrected chi connectivity index (χ2v) is 10.1. The topological polar surface area (TPSA) is 96.0 Å². The summed E-state index contributed by atoms with van der Waals surface area (Å²) in [5.41, 5.74) is 1.25. The summed E-state index contributed by atoms with van der Waals surface area (Å²) in [5.74, 6) is -0.0650. The van der Waals surface area contributed by atoms with Gasteiger partial charge in [-0.3, -0.25) is 13.9 Å². The van der Waals surface area contributed by atoms with E-state index >= 15 is 0 Å². The van der Waals surface area contributed by atoms with Gasteiger partial charge < -0.3 is 15.0 Å². The first kappa shape index (κ1) is 27.5. The van der Waals surface area contributed by atoms with Crippen molar-refractivity contribution < 1.29 is 22.7 Å². The van der Waals surface area contributed by atoms with E-state index in [1.165, 1.54) is 23.4 Å². The van der Waals surface area contributed by atoms with E-state index in [4.69, 9.17) is 16.3 Å². The average Bonchev–Trinajstić information content (AvgIpc) is 2.81. The standard InChI is InChI=1S/C24H32ClN3O5S/c1-5-20(24(30)26-2)27(17-18-12-14-19(25)15-13-18)23(29)11-8-16-28(34(4,31)32)21-9-6-7-10-22(21)33-3/h6-7,9-10,12-15,20H,5,8,11,16-17H2,1-4H3,(H,26,30)/t20-/m1/s1. The number of carbonyl (C=O) groups excluding carboxylic acids is 2. The Morgan fingerprint density at radius 3 is 2.32 bits per heavy atom. The fourth-order valence-electron chi connectivity index (χ4n) is 3.69.